The summed E-state index contributed by atoms with van der Waals surface area (Å²) in [5.41, 5.74) is 2.84. The highest BCUT2D eigenvalue weighted by Crippen LogP contribution is 2.24. The number of amides is 2. The van der Waals surface area contributed by atoms with Gasteiger partial charge in [-0.15, -0.1) is 0 Å². The Balaban J connectivity index is 2.18. The van der Waals surface area contributed by atoms with Crippen LogP contribution in [0.5, 0.6) is 5.75 Å². The number of carbonyl (C=O) groups is 2. The third kappa shape index (κ3) is 7.44. The van der Waals surface area contributed by atoms with E-state index < -0.39 is 6.04 Å². The first kappa shape index (κ1) is 25.0. The molecule has 31 heavy (non-hydrogen) atoms. The summed E-state index contributed by atoms with van der Waals surface area (Å²) >= 11 is 12.1. The SMILES string of the molecule is Cc1ccc(OCC(=O)N(Cc2ccc(Cl)c(Cl)c2)C(C)C(=O)NCC(C)C)c(C)c1. The number of aryl methyl sites for hydroxylation is 2. The number of rotatable bonds is 9. The minimum atomic E-state index is -0.677. The quantitative estimate of drug-likeness (QED) is 0.555. The van der Waals surface area contributed by atoms with Crippen LogP contribution in [0.25, 0.3) is 0 Å². The van der Waals surface area contributed by atoms with Crippen LogP contribution in [-0.4, -0.2) is 35.9 Å². The Hall–Kier alpha value is -2.24. The van der Waals surface area contributed by atoms with Crippen LogP contribution in [0.4, 0.5) is 0 Å². The third-order valence-electron chi connectivity index (χ3n) is 4.87. The molecule has 2 amide bonds. The van der Waals surface area contributed by atoms with Crippen LogP contribution in [0, 0.1) is 19.8 Å². The molecule has 2 rings (SSSR count). The average molecular weight is 465 g/mol. The lowest BCUT2D eigenvalue weighted by Crippen LogP contribution is -2.49. The molecule has 0 aliphatic heterocycles. The second-order valence-corrected chi connectivity index (χ2v) is 8.96. The molecule has 0 fully saturated rings. The van der Waals surface area contributed by atoms with Gasteiger partial charge in [0.1, 0.15) is 11.8 Å². The summed E-state index contributed by atoms with van der Waals surface area (Å²) in [5.74, 6) is 0.445. The maximum Gasteiger partial charge on any atom is 0.261 e. The molecule has 0 heterocycles. The van der Waals surface area contributed by atoms with Gasteiger partial charge in [-0.25, -0.2) is 0 Å². The van der Waals surface area contributed by atoms with Gasteiger partial charge in [0.25, 0.3) is 5.91 Å². The van der Waals surface area contributed by atoms with Gasteiger partial charge in [-0.1, -0.05) is 60.8 Å². The first-order chi connectivity index (χ1) is 14.6. The molecule has 1 atom stereocenters. The summed E-state index contributed by atoms with van der Waals surface area (Å²) in [5, 5.41) is 3.72. The minimum absolute atomic E-state index is 0.174. The molecule has 0 spiro atoms. The fourth-order valence-corrected chi connectivity index (χ4v) is 3.37. The van der Waals surface area contributed by atoms with Crippen molar-refractivity contribution in [1.82, 2.24) is 10.2 Å². The van der Waals surface area contributed by atoms with Gasteiger partial charge in [-0.05, 0) is 56.0 Å². The Bertz CT molecular complexity index is 931. The molecule has 0 aliphatic rings. The van der Waals surface area contributed by atoms with Crippen LogP contribution < -0.4 is 10.1 Å². The largest absolute Gasteiger partial charge is 0.483 e. The van der Waals surface area contributed by atoms with E-state index in [-0.39, 0.29) is 25.0 Å². The lowest BCUT2D eigenvalue weighted by molar-refractivity contribution is -0.142. The van der Waals surface area contributed by atoms with Crippen molar-refractivity contribution >= 4 is 35.0 Å². The predicted octanol–water partition coefficient (Wildman–Crippen LogP) is 5.18. The summed E-state index contributed by atoms with van der Waals surface area (Å²) in [6.45, 7) is 10.2. The number of ether oxygens (including phenoxy) is 1. The van der Waals surface area contributed by atoms with Crippen molar-refractivity contribution in [2.75, 3.05) is 13.2 Å². The van der Waals surface area contributed by atoms with Crippen molar-refractivity contribution in [3.63, 3.8) is 0 Å². The van der Waals surface area contributed by atoms with Gasteiger partial charge in [0.05, 0.1) is 10.0 Å². The number of hydrogen-bond acceptors (Lipinski definition) is 3. The smallest absolute Gasteiger partial charge is 0.261 e. The Morgan fingerprint density at radius 2 is 1.74 bits per heavy atom. The zero-order chi connectivity index (χ0) is 23.1. The van der Waals surface area contributed by atoms with Crippen LogP contribution in [0.15, 0.2) is 36.4 Å². The number of nitrogens with one attached hydrogen (secondary N) is 1. The monoisotopic (exact) mass is 464 g/mol. The first-order valence-corrected chi connectivity index (χ1v) is 11.0. The van der Waals surface area contributed by atoms with E-state index in [2.05, 4.69) is 5.32 Å². The Kier molecular flexibility index (Phi) is 9.20. The number of carbonyl (C=O) groups excluding carboxylic acids is 2. The summed E-state index contributed by atoms with van der Waals surface area (Å²) in [4.78, 5) is 27.3. The third-order valence-corrected chi connectivity index (χ3v) is 5.61. The minimum Gasteiger partial charge on any atom is -0.483 e. The molecule has 2 aromatic rings. The van der Waals surface area contributed by atoms with Crippen LogP contribution in [-0.2, 0) is 16.1 Å². The van der Waals surface area contributed by atoms with E-state index in [4.69, 9.17) is 27.9 Å². The highest BCUT2D eigenvalue weighted by molar-refractivity contribution is 6.42. The summed E-state index contributed by atoms with van der Waals surface area (Å²) in [6.07, 6.45) is 0. The van der Waals surface area contributed by atoms with Gasteiger partial charge in [-0.3, -0.25) is 9.59 Å². The lowest BCUT2D eigenvalue weighted by atomic mass is 10.1. The van der Waals surface area contributed by atoms with Crippen LogP contribution >= 0.6 is 23.2 Å². The topological polar surface area (TPSA) is 58.6 Å². The standard InChI is InChI=1S/C24H30Cl2N2O3/c1-15(2)12-27-24(30)18(5)28(13-19-7-8-20(25)21(26)11-19)23(29)14-31-22-9-6-16(3)10-17(22)4/h6-11,15,18H,12-14H2,1-5H3,(H,27,30). The van der Waals surface area contributed by atoms with Crippen molar-refractivity contribution in [1.29, 1.82) is 0 Å². The summed E-state index contributed by atoms with van der Waals surface area (Å²) in [7, 11) is 0. The molecule has 0 radical (unpaired) electrons. The molecule has 5 nitrogen and oxygen atoms in total. The Morgan fingerprint density at radius 3 is 2.35 bits per heavy atom. The van der Waals surface area contributed by atoms with Gasteiger partial charge in [0.2, 0.25) is 5.91 Å². The maximum atomic E-state index is 13.1. The van der Waals surface area contributed by atoms with Crippen LogP contribution in [0.2, 0.25) is 10.0 Å². The molecular weight excluding hydrogens is 435 g/mol. The number of benzene rings is 2. The number of nitrogens with zero attached hydrogens (tertiary/aromatic N) is 1. The van der Waals surface area contributed by atoms with Crippen molar-refractivity contribution < 1.29 is 14.3 Å². The van der Waals surface area contributed by atoms with Crippen molar-refractivity contribution in [2.45, 2.75) is 47.2 Å². The first-order valence-electron chi connectivity index (χ1n) is 10.3. The zero-order valence-electron chi connectivity index (χ0n) is 18.7. The highest BCUT2D eigenvalue weighted by Gasteiger charge is 2.27. The van der Waals surface area contributed by atoms with E-state index in [1.165, 1.54) is 4.90 Å². The van der Waals surface area contributed by atoms with E-state index in [0.29, 0.717) is 28.3 Å². The highest BCUT2D eigenvalue weighted by atomic mass is 35.5. The summed E-state index contributed by atoms with van der Waals surface area (Å²) < 4.78 is 5.77. The van der Waals surface area contributed by atoms with E-state index >= 15 is 0 Å². The van der Waals surface area contributed by atoms with Gasteiger partial charge >= 0.3 is 0 Å². The molecule has 1 unspecified atom stereocenters. The van der Waals surface area contributed by atoms with Crippen molar-refractivity contribution in [3.05, 3.63) is 63.1 Å². The molecule has 1 N–H and O–H groups in total. The van der Waals surface area contributed by atoms with Crippen LogP contribution in [0.1, 0.15) is 37.5 Å². The zero-order valence-corrected chi connectivity index (χ0v) is 20.2. The number of halogens is 2. The van der Waals surface area contributed by atoms with Gasteiger partial charge in [0.15, 0.2) is 6.61 Å². The molecule has 0 saturated carbocycles. The Morgan fingerprint density at radius 1 is 1.03 bits per heavy atom. The fourth-order valence-electron chi connectivity index (χ4n) is 3.05. The molecular formula is C24H30Cl2N2O3. The lowest BCUT2D eigenvalue weighted by Gasteiger charge is -2.29. The van der Waals surface area contributed by atoms with Gasteiger partial charge < -0.3 is 15.0 Å². The van der Waals surface area contributed by atoms with Crippen molar-refractivity contribution in [2.24, 2.45) is 5.92 Å². The molecule has 0 aromatic heterocycles. The molecule has 0 saturated heterocycles. The maximum absolute atomic E-state index is 13.1. The average Bonchev–Trinajstić information content (AvgIpc) is 2.71. The molecule has 2 aromatic carbocycles. The second-order valence-electron chi connectivity index (χ2n) is 8.14. The van der Waals surface area contributed by atoms with Gasteiger partial charge in [0, 0.05) is 13.1 Å². The molecule has 7 heteroatoms. The second kappa shape index (κ2) is 11.4. The number of hydrogen-bond donors (Lipinski definition) is 1. The summed E-state index contributed by atoms with van der Waals surface area (Å²) in [6, 6.07) is 10.3. The van der Waals surface area contributed by atoms with E-state index in [1.807, 2.05) is 45.9 Å². The van der Waals surface area contributed by atoms with E-state index in [9.17, 15) is 9.59 Å². The van der Waals surface area contributed by atoms with Crippen molar-refractivity contribution in [3.8, 4) is 5.75 Å². The predicted molar refractivity (Wildman–Crippen MR) is 126 cm³/mol. The molecule has 0 aliphatic carbocycles. The normalized spacial score (nSPS) is 11.9. The van der Waals surface area contributed by atoms with E-state index in [0.717, 1.165) is 16.7 Å². The van der Waals surface area contributed by atoms with Gasteiger partial charge in [-0.2, -0.15) is 0 Å². The molecule has 0 bridgehead atoms. The van der Waals surface area contributed by atoms with Crippen LogP contribution in [0.3, 0.4) is 0 Å². The Labute approximate surface area is 194 Å². The van der Waals surface area contributed by atoms with E-state index in [1.54, 1.807) is 25.1 Å². The molecule has 168 valence electrons. The fraction of sp³-hybridized carbons (Fsp3) is 0.417.